The highest BCUT2D eigenvalue weighted by molar-refractivity contribution is 7.91. The van der Waals surface area contributed by atoms with E-state index < -0.39 is 31.4 Å². The van der Waals surface area contributed by atoms with Crippen LogP contribution in [0.3, 0.4) is 0 Å². The van der Waals surface area contributed by atoms with E-state index in [9.17, 15) is 16.8 Å². The van der Waals surface area contributed by atoms with Crippen molar-refractivity contribution in [2.45, 2.75) is 29.5 Å². The van der Waals surface area contributed by atoms with Gasteiger partial charge in [0.05, 0.1) is 24.0 Å². The molecular weight excluding hydrogens is 689 g/mol. The Bertz CT molecular complexity index is 2310. The van der Waals surface area contributed by atoms with Crippen LogP contribution < -0.4 is 9.47 Å². The molecule has 10 nitrogen and oxygen atoms in total. The molecule has 0 N–H and O–H groups in total. The Morgan fingerprint density at radius 1 is 0.708 bits per heavy atom. The molecule has 1 heterocycles. The molecule has 5 aromatic rings. The number of ether oxygens (including phenoxy) is 2. The molecule has 4 aromatic carbocycles. The highest BCUT2D eigenvalue weighted by Crippen LogP contribution is 2.25. The van der Waals surface area contributed by atoms with E-state index in [2.05, 4.69) is 9.98 Å². The highest BCUT2D eigenvalue weighted by Gasteiger charge is 2.23. The summed E-state index contributed by atoms with van der Waals surface area (Å²) in [4.78, 5) is 9.39. The molecule has 0 spiro atoms. The van der Waals surface area contributed by atoms with Crippen molar-refractivity contribution in [3.63, 3.8) is 0 Å². The zero-order valence-electron chi connectivity index (χ0n) is 26.5. The van der Waals surface area contributed by atoms with Crippen molar-refractivity contribution in [1.29, 1.82) is 0 Å². The minimum atomic E-state index is -3.97. The van der Waals surface area contributed by atoms with Crippen LogP contribution in [0.2, 0.25) is 0 Å². The van der Waals surface area contributed by atoms with Crippen molar-refractivity contribution < 1.29 is 26.3 Å². The molecule has 48 heavy (non-hydrogen) atoms. The number of aliphatic imine (C=N–C) groups is 1. The molecule has 0 saturated carbocycles. The standard InChI is InChI=1S/C34H32N4O6S4/c1-23-5-17-29(18-6-23)47(39,40)21-35-31(25-9-13-27(43-3)14-10-25)38-33(45)36-32(26-11-15-28(44-4)16-12-26)37(34(38)46)22-48(41,42)30-19-7-24(2)8-20-30/h5-20H,21-22H2,1-4H3. The Hall–Kier alpha value is -4.50. The number of aromatic nitrogens is 3. The summed E-state index contributed by atoms with van der Waals surface area (Å²) < 4.78 is 67.6. The van der Waals surface area contributed by atoms with E-state index in [4.69, 9.17) is 33.9 Å². The van der Waals surface area contributed by atoms with Gasteiger partial charge in [0.2, 0.25) is 4.77 Å². The SMILES string of the molecule is COc1ccc(C(=NCS(=O)(=O)c2ccc(C)cc2)n2c(=S)nc(-c3ccc(OC)cc3)n(CS(=O)(=O)c3ccc(C)cc3)c2=S)cc1. The molecule has 0 amide bonds. The van der Waals surface area contributed by atoms with Crippen LogP contribution in [0, 0.1) is 23.4 Å². The van der Waals surface area contributed by atoms with Crippen LogP contribution in [0.5, 0.6) is 11.5 Å². The van der Waals surface area contributed by atoms with Crippen LogP contribution in [0.25, 0.3) is 11.4 Å². The zero-order valence-corrected chi connectivity index (χ0v) is 29.8. The number of sulfone groups is 2. The molecule has 0 fully saturated rings. The maximum atomic E-state index is 13.8. The van der Waals surface area contributed by atoms with Crippen LogP contribution in [0.15, 0.2) is 112 Å². The smallest absolute Gasteiger partial charge is 0.209 e. The number of aryl methyl sites for hydroxylation is 2. The van der Waals surface area contributed by atoms with E-state index in [0.29, 0.717) is 22.6 Å². The molecule has 0 atom stereocenters. The Morgan fingerprint density at radius 3 is 1.69 bits per heavy atom. The summed E-state index contributed by atoms with van der Waals surface area (Å²) in [7, 11) is -4.80. The number of methoxy groups -OCH3 is 2. The Balaban J connectivity index is 1.74. The predicted octanol–water partition coefficient (Wildman–Crippen LogP) is 6.60. The van der Waals surface area contributed by atoms with Crippen molar-refractivity contribution in [1.82, 2.24) is 14.1 Å². The quantitative estimate of drug-likeness (QED) is 0.0892. The topological polar surface area (TPSA) is 122 Å². The van der Waals surface area contributed by atoms with Crippen LogP contribution in [0.4, 0.5) is 0 Å². The van der Waals surface area contributed by atoms with E-state index in [0.717, 1.165) is 11.1 Å². The van der Waals surface area contributed by atoms with E-state index in [-0.39, 0.29) is 31.0 Å². The molecule has 0 radical (unpaired) electrons. The molecule has 0 aliphatic rings. The van der Waals surface area contributed by atoms with Crippen molar-refractivity contribution in [2.75, 3.05) is 20.1 Å². The second kappa shape index (κ2) is 14.3. The number of hydrogen-bond donors (Lipinski definition) is 0. The summed E-state index contributed by atoms with van der Waals surface area (Å²) in [6.45, 7) is 3.72. The minimum Gasteiger partial charge on any atom is -0.497 e. The van der Waals surface area contributed by atoms with Crippen molar-refractivity contribution in [3.8, 4) is 22.9 Å². The van der Waals surface area contributed by atoms with Gasteiger partial charge in [0.15, 0.2) is 24.4 Å². The van der Waals surface area contributed by atoms with E-state index in [1.165, 1.54) is 47.6 Å². The molecule has 248 valence electrons. The lowest BCUT2D eigenvalue weighted by molar-refractivity contribution is 0.414. The third-order valence-corrected chi connectivity index (χ3v) is 11.1. The van der Waals surface area contributed by atoms with E-state index in [1.807, 2.05) is 13.8 Å². The van der Waals surface area contributed by atoms with E-state index >= 15 is 0 Å². The molecule has 0 saturated heterocycles. The van der Waals surface area contributed by atoms with Crippen molar-refractivity contribution in [3.05, 3.63) is 123 Å². The molecule has 1 aromatic heterocycles. The molecule has 5 rings (SSSR count). The first-order valence-electron chi connectivity index (χ1n) is 14.5. The van der Waals surface area contributed by atoms with Crippen molar-refractivity contribution >= 4 is 49.9 Å². The maximum Gasteiger partial charge on any atom is 0.209 e. The Morgan fingerprint density at radius 2 is 1.19 bits per heavy atom. The van der Waals surface area contributed by atoms with Gasteiger partial charge in [-0.2, -0.15) is 0 Å². The normalized spacial score (nSPS) is 12.1. The second-order valence-corrected chi connectivity index (χ2v) is 15.5. The summed E-state index contributed by atoms with van der Waals surface area (Å²) in [5, 5.41) is 0. The fourth-order valence-electron chi connectivity index (χ4n) is 4.74. The van der Waals surface area contributed by atoms with Gasteiger partial charge >= 0.3 is 0 Å². The molecule has 14 heteroatoms. The molecule has 0 unspecified atom stereocenters. The van der Waals surface area contributed by atoms with Gasteiger partial charge in [-0.05, 0) is 111 Å². The average molecular weight is 721 g/mol. The Labute approximate surface area is 289 Å². The minimum absolute atomic E-state index is 0.0567. The highest BCUT2D eigenvalue weighted by atomic mass is 32.2. The summed E-state index contributed by atoms with van der Waals surface area (Å²) in [6.07, 6.45) is 0. The lowest BCUT2D eigenvalue weighted by Crippen LogP contribution is -2.25. The number of nitrogens with zero attached hydrogens (tertiary/aromatic N) is 4. The number of hydrogen-bond acceptors (Lipinski definition) is 10. The lowest BCUT2D eigenvalue weighted by Gasteiger charge is -2.19. The van der Waals surface area contributed by atoms with E-state index in [1.54, 1.807) is 72.8 Å². The first-order chi connectivity index (χ1) is 22.8. The van der Waals surface area contributed by atoms with Gasteiger partial charge in [-0.15, -0.1) is 0 Å². The van der Waals surface area contributed by atoms with Crippen LogP contribution in [-0.2, 0) is 25.6 Å². The van der Waals surface area contributed by atoms with Gasteiger partial charge in [-0.25, -0.2) is 26.4 Å². The van der Waals surface area contributed by atoms with Gasteiger partial charge in [0, 0.05) is 11.1 Å². The van der Waals surface area contributed by atoms with Gasteiger partial charge in [0.1, 0.15) is 34.9 Å². The summed E-state index contributed by atoms with van der Waals surface area (Å²) in [5.41, 5.74) is 2.79. The predicted molar refractivity (Wildman–Crippen MR) is 190 cm³/mol. The average Bonchev–Trinajstić information content (AvgIpc) is 3.08. The van der Waals surface area contributed by atoms with Gasteiger partial charge in [-0.1, -0.05) is 35.4 Å². The summed E-state index contributed by atoms with van der Waals surface area (Å²) in [6, 6.07) is 26.5. The fraction of sp³-hybridized carbons (Fsp3) is 0.176. The largest absolute Gasteiger partial charge is 0.497 e. The van der Waals surface area contributed by atoms with Gasteiger partial charge in [0.25, 0.3) is 0 Å². The van der Waals surface area contributed by atoms with Crippen LogP contribution in [-0.4, -0.2) is 56.9 Å². The van der Waals surface area contributed by atoms with Gasteiger partial charge < -0.3 is 9.47 Å². The molecule has 0 aliphatic carbocycles. The van der Waals surface area contributed by atoms with Gasteiger partial charge in [-0.3, -0.25) is 9.56 Å². The monoisotopic (exact) mass is 720 g/mol. The Kier molecular flexibility index (Phi) is 10.4. The number of rotatable bonds is 10. The first-order valence-corrected chi connectivity index (χ1v) is 18.6. The van der Waals surface area contributed by atoms with Crippen LogP contribution in [0.1, 0.15) is 16.7 Å². The fourth-order valence-corrected chi connectivity index (χ4v) is 7.74. The molecule has 0 bridgehead atoms. The molecule has 0 aliphatic heterocycles. The first kappa shape index (κ1) is 34.8. The maximum absolute atomic E-state index is 13.8. The number of benzene rings is 4. The van der Waals surface area contributed by atoms with Crippen molar-refractivity contribution in [2.24, 2.45) is 4.99 Å². The van der Waals surface area contributed by atoms with Crippen LogP contribution >= 0.6 is 24.4 Å². The zero-order chi connectivity index (χ0) is 34.6. The third-order valence-electron chi connectivity index (χ3n) is 7.42. The summed E-state index contributed by atoms with van der Waals surface area (Å²) in [5.74, 6) is 0.176. The second-order valence-electron chi connectivity index (χ2n) is 10.8. The molecular formula is C34H32N4O6S4. The lowest BCUT2D eigenvalue weighted by atomic mass is 10.2. The third kappa shape index (κ3) is 7.62. The summed E-state index contributed by atoms with van der Waals surface area (Å²) >= 11 is 11.7.